The lowest BCUT2D eigenvalue weighted by Gasteiger charge is -2.37. The number of amides is 2. The monoisotopic (exact) mass is 358 g/mol. The van der Waals surface area contributed by atoms with Crippen LogP contribution in [0.25, 0.3) is 5.65 Å². The summed E-state index contributed by atoms with van der Waals surface area (Å²) in [6, 6.07) is 5.79. The fourth-order valence-corrected chi connectivity index (χ4v) is 3.98. The van der Waals surface area contributed by atoms with Crippen LogP contribution in [0.15, 0.2) is 24.4 Å². The lowest BCUT2D eigenvalue weighted by molar-refractivity contribution is -0.139. The lowest BCUT2D eigenvalue weighted by atomic mass is 9.92. The molecule has 1 aliphatic heterocycles. The van der Waals surface area contributed by atoms with Crippen molar-refractivity contribution in [2.45, 2.75) is 38.1 Å². The van der Waals surface area contributed by atoms with Gasteiger partial charge in [-0.05, 0) is 31.9 Å². The Hall–Kier alpha value is -2.41. The second-order valence-corrected chi connectivity index (χ2v) is 6.91. The molecule has 0 unspecified atom stereocenters. The number of carbonyl (C=O) groups excluding carboxylic acids is 2. The highest BCUT2D eigenvalue weighted by Crippen LogP contribution is 2.33. The number of fused-ring (bicyclic) bond motifs is 1. The van der Waals surface area contributed by atoms with Gasteiger partial charge in [0.25, 0.3) is 0 Å². The normalized spacial score (nSPS) is 19.9. The molecule has 0 spiro atoms. The first-order valence-corrected chi connectivity index (χ1v) is 8.93. The number of nitrogens with zero attached hydrogens (tertiary/aromatic N) is 3. The van der Waals surface area contributed by atoms with Crippen LogP contribution in [0.1, 0.15) is 30.7 Å². The molecule has 1 aliphatic rings. The van der Waals surface area contributed by atoms with E-state index in [0.717, 1.165) is 29.9 Å². The average molecular weight is 358 g/mol. The third-order valence-corrected chi connectivity index (χ3v) is 5.23. The van der Waals surface area contributed by atoms with E-state index in [0.29, 0.717) is 13.2 Å². The van der Waals surface area contributed by atoms with E-state index in [1.165, 1.54) is 0 Å². The van der Waals surface area contributed by atoms with E-state index in [4.69, 9.17) is 4.74 Å². The molecule has 3 rings (SSSR count). The quantitative estimate of drug-likeness (QED) is 0.845. The molecule has 7 nitrogen and oxygen atoms in total. The molecule has 0 saturated carbocycles. The van der Waals surface area contributed by atoms with Crippen molar-refractivity contribution < 1.29 is 14.3 Å². The molecular formula is C19H26N4O3. The van der Waals surface area contributed by atoms with Crippen LogP contribution in [0.5, 0.6) is 0 Å². The molecule has 2 amide bonds. The second kappa shape index (κ2) is 7.45. The number of carbonyl (C=O) groups is 2. The maximum atomic E-state index is 13.2. The molecule has 0 aromatic carbocycles. The molecule has 1 saturated heterocycles. The topological polar surface area (TPSA) is 75.9 Å². The van der Waals surface area contributed by atoms with E-state index in [9.17, 15) is 9.59 Å². The summed E-state index contributed by atoms with van der Waals surface area (Å²) in [6.07, 6.45) is 4.09. The van der Waals surface area contributed by atoms with Gasteiger partial charge in [-0.2, -0.15) is 0 Å². The van der Waals surface area contributed by atoms with Crippen molar-refractivity contribution in [3.8, 4) is 0 Å². The number of imidazole rings is 1. The Labute approximate surface area is 153 Å². The van der Waals surface area contributed by atoms with Crippen LogP contribution in [0, 0.1) is 6.92 Å². The molecule has 2 aromatic rings. The highest BCUT2D eigenvalue weighted by atomic mass is 16.5. The van der Waals surface area contributed by atoms with Gasteiger partial charge in [-0.15, -0.1) is 0 Å². The highest BCUT2D eigenvalue weighted by molar-refractivity contribution is 5.82. The summed E-state index contributed by atoms with van der Waals surface area (Å²) >= 11 is 0. The molecule has 3 heterocycles. The molecule has 0 radical (unpaired) electrons. The molecule has 0 bridgehead atoms. The van der Waals surface area contributed by atoms with Crippen molar-refractivity contribution in [1.82, 2.24) is 19.6 Å². The number of likely N-dealkylation sites (tertiary alicyclic amines) is 1. The Morgan fingerprint density at radius 2 is 2.19 bits per heavy atom. The molecule has 2 aromatic heterocycles. The minimum Gasteiger partial charge on any atom is -0.382 e. The van der Waals surface area contributed by atoms with Gasteiger partial charge >= 0.3 is 0 Å². The standard InChI is InChI=1S/C19H26N4O3/c1-14-15(22-9-5-4-7-16(22)21-14)11-18(25)23-10-6-8-19(23,13-26-3)12-17(24)20-2/h4-5,7,9H,6,8,10-13H2,1-3H3,(H,20,24)/t19-/m1/s1. The van der Waals surface area contributed by atoms with E-state index in [2.05, 4.69) is 10.3 Å². The molecule has 26 heavy (non-hydrogen) atoms. The number of pyridine rings is 1. The van der Waals surface area contributed by atoms with Gasteiger partial charge in [-0.25, -0.2) is 4.98 Å². The first kappa shape index (κ1) is 18.4. The Bertz CT molecular complexity index is 816. The zero-order valence-corrected chi connectivity index (χ0v) is 15.6. The van der Waals surface area contributed by atoms with Crippen LogP contribution in [-0.2, 0) is 20.7 Å². The first-order valence-electron chi connectivity index (χ1n) is 8.93. The van der Waals surface area contributed by atoms with Crippen LogP contribution in [0.3, 0.4) is 0 Å². The number of rotatable bonds is 6. The van der Waals surface area contributed by atoms with Gasteiger partial charge in [-0.3, -0.25) is 9.59 Å². The van der Waals surface area contributed by atoms with Crippen LogP contribution >= 0.6 is 0 Å². The van der Waals surface area contributed by atoms with Gasteiger partial charge in [-0.1, -0.05) is 6.07 Å². The Balaban J connectivity index is 1.87. The van der Waals surface area contributed by atoms with Crippen LogP contribution in [0.4, 0.5) is 0 Å². The number of aryl methyl sites for hydroxylation is 1. The second-order valence-electron chi connectivity index (χ2n) is 6.91. The van der Waals surface area contributed by atoms with E-state index in [-0.39, 0.29) is 24.7 Å². The molecule has 0 aliphatic carbocycles. The van der Waals surface area contributed by atoms with E-state index >= 15 is 0 Å². The summed E-state index contributed by atoms with van der Waals surface area (Å²) in [5.41, 5.74) is 2.01. The zero-order chi connectivity index (χ0) is 18.7. The Kier molecular flexibility index (Phi) is 5.27. The van der Waals surface area contributed by atoms with Gasteiger partial charge < -0.3 is 19.4 Å². The van der Waals surface area contributed by atoms with Gasteiger partial charge in [0.2, 0.25) is 11.8 Å². The van der Waals surface area contributed by atoms with Gasteiger partial charge in [0.1, 0.15) is 5.65 Å². The van der Waals surface area contributed by atoms with Crippen molar-refractivity contribution >= 4 is 17.5 Å². The minimum atomic E-state index is -0.569. The lowest BCUT2D eigenvalue weighted by Crippen LogP contribution is -2.53. The van der Waals surface area contributed by atoms with Crippen LogP contribution < -0.4 is 5.32 Å². The number of aromatic nitrogens is 2. The summed E-state index contributed by atoms with van der Waals surface area (Å²) in [7, 11) is 3.23. The summed E-state index contributed by atoms with van der Waals surface area (Å²) in [5.74, 6) is -0.0649. The molecule has 140 valence electrons. The van der Waals surface area contributed by atoms with Crippen molar-refractivity contribution in [2.75, 3.05) is 27.3 Å². The summed E-state index contributed by atoms with van der Waals surface area (Å²) in [5, 5.41) is 2.67. The van der Waals surface area contributed by atoms with E-state index in [1.54, 1.807) is 14.2 Å². The van der Waals surface area contributed by atoms with Crippen LogP contribution in [0.2, 0.25) is 0 Å². The molecule has 1 N–H and O–H groups in total. The molecular weight excluding hydrogens is 332 g/mol. The molecule has 1 atom stereocenters. The van der Waals surface area contributed by atoms with Gasteiger partial charge in [0, 0.05) is 26.9 Å². The Morgan fingerprint density at radius 3 is 2.92 bits per heavy atom. The maximum Gasteiger partial charge on any atom is 0.229 e. The number of hydrogen-bond acceptors (Lipinski definition) is 4. The van der Waals surface area contributed by atoms with E-state index in [1.807, 2.05) is 40.6 Å². The summed E-state index contributed by atoms with van der Waals surface area (Å²) in [4.78, 5) is 31.6. The number of nitrogens with one attached hydrogen (secondary N) is 1. The van der Waals surface area contributed by atoms with Gasteiger partial charge in [0.05, 0.1) is 36.4 Å². The largest absolute Gasteiger partial charge is 0.382 e. The fraction of sp³-hybridized carbons (Fsp3) is 0.526. The third kappa shape index (κ3) is 3.31. The van der Waals surface area contributed by atoms with E-state index < -0.39 is 5.54 Å². The predicted octanol–water partition coefficient (Wildman–Crippen LogP) is 1.33. The highest BCUT2D eigenvalue weighted by Gasteiger charge is 2.45. The average Bonchev–Trinajstić information content (AvgIpc) is 3.16. The molecule has 7 heteroatoms. The zero-order valence-electron chi connectivity index (χ0n) is 15.6. The molecule has 1 fully saturated rings. The fourth-order valence-electron chi connectivity index (χ4n) is 3.98. The predicted molar refractivity (Wildman–Crippen MR) is 97.9 cm³/mol. The number of ether oxygens (including phenoxy) is 1. The Morgan fingerprint density at radius 1 is 1.38 bits per heavy atom. The maximum absolute atomic E-state index is 13.2. The first-order chi connectivity index (χ1) is 12.5. The van der Waals surface area contributed by atoms with Crippen molar-refractivity contribution in [2.24, 2.45) is 0 Å². The van der Waals surface area contributed by atoms with Gasteiger partial charge in [0.15, 0.2) is 0 Å². The SMILES string of the molecule is CNC(=O)C[C@@]1(COC)CCCN1C(=O)Cc1c(C)nc2ccccn12. The number of methoxy groups -OCH3 is 1. The third-order valence-electron chi connectivity index (χ3n) is 5.23. The smallest absolute Gasteiger partial charge is 0.229 e. The summed E-state index contributed by atoms with van der Waals surface area (Å²) in [6.45, 7) is 2.93. The van der Waals surface area contributed by atoms with Crippen molar-refractivity contribution in [3.05, 3.63) is 35.8 Å². The van der Waals surface area contributed by atoms with Crippen molar-refractivity contribution in [1.29, 1.82) is 0 Å². The number of hydrogen-bond donors (Lipinski definition) is 1. The minimum absolute atomic E-state index is 0.0113. The van der Waals surface area contributed by atoms with Crippen LogP contribution in [-0.4, -0.2) is 58.9 Å². The summed E-state index contributed by atoms with van der Waals surface area (Å²) < 4.78 is 7.35. The van der Waals surface area contributed by atoms with Crippen molar-refractivity contribution in [3.63, 3.8) is 0 Å².